The predicted molar refractivity (Wildman–Crippen MR) is 139 cm³/mol. The van der Waals surface area contributed by atoms with Crippen molar-refractivity contribution in [2.75, 3.05) is 6.61 Å². The van der Waals surface area contributed by atoms with Crippen molar-refractivity contribution < 1.29 is 24.1 Å². The molecule has 2 unspecified atom stereocenters. The number of fused-ring (bicyclic) bond motifs is 3. The predicted octanol–water partition coefficient (Wildman–Crippen LogP) is 5.50. The fourth-order valence-electron chi connectivity index (χ4n) is 4.60. The number of ether oxygens (including phenoxy) is 1. The highest BCUT2D eigenvalue weighted by Gasteiger charge is 2.23. The molecule has 0 aliphatic carbocycles. The number of hydrogen-bond donors (Lipinski definition) is 2. The molecule has 2 heterocycles. The molecular formula is C29H31FN2O4. The Morgan fingerprint density at radius 1 is 1.14 bits per heavy atom. The number of aromatic nitrogens is 2. The number of rotatable bonds is 9. The van der Waals surface area contributed by atoms with Gasteiger partial charge in [-0.1, -0.05) is 62.4 Å². The lowest BCUT2D eigenvalue weighted by Gasteiger charge is -2.13. The zero-order chi connectivity index (χ0) is 25.8. The fourth-order valence-corrected chi connectivity index (χ4v) is 4.60. The van der Waals surface area contributed by atoms with Gasteiger partial charge >= 0.3 is 5.97 Å². The van der Waals surface area contributed by atoms with Gasteiger partial charge in [0.15, 0.2) is 0 Å². The molecule has 0 aliphatic heterocycles. The average molecular weight is 491 g/mol. The monoisotopic (exact) mass is 490 g/mol. The number of aliphatic hydroxyl groups is 2. The second-order valence-electron chi connectivity index (χ2n) is 9.15. The second kappa shape index (κ2) is 11.0. The Balaban J connectivity index is 1.83. The molecule has 2 aromatic carbocycles. The summed E-state index contributed by atoms with van der Waals surface area (Å²) >= 11 is 0. The van der Waals surface area contributed by atoms with Gasteiger partial charge < -0.3 is 14.9 Å². The highest BCUT2D eigenvalue weighted by Crippen LogP contribution is 2.40. The Morgan fingerprint density at radius 2 is 1.86 bits per heavy atom. The Kier molecular flexibility index (Phi) is 7.82. The summed E-state index contributed by atoms with van der Waals surface area (Å²) in [5, 5.41) is 27.6. The summed E-state index contributed by atoms with van der Waals surface area (Å²) in [4.78, 5) is 11.6. The van der Waals surface area contributed by atoms with E-state index < -0.39 is 18.2 Å². The molecule has 0 radical (unpaired) electrons. The summed E-state index contributed by atoms with van der Waals surface area (Å²) in [6, 6.07) is 14.3. The van der Waals surface area contributed by atoms with E-state index in [1.165, 1.54) is 12.1 Å². The molecule has 4 aromatic rings. The van der Waals surface area contributed by atoms with Crippen molar-refractivity contribution in [2.45, 2.75) is 51.7 Å². The van der Waals surface area contributed by atoms with Gasteiger partial charge in [0, 0.05) is 28.3 Å². The molecule has 0 bridgehead atoms. The van der Waals surface area contributed by atoms with Crippen molar-refractivity contribution in [2.24, 2.45) is 0 Å². The first kappa shape index (κ1) is 25.5. The second-order valence-corrected chi connectivity index (χ2v) is 9.15. The first-order valence-electron chi connectivity index (χ1n) is 12.2. The summed E-state index contributed by atoms with van der Waals surface area (Å²) in [6.45, 7) is 6.09. The number of esters is 1. The van der Waals surface area contributed by atoms with Crippen LogP contribution < -0.4 is 0 Å². The maximum Gasteiger partial charge on any atom is 0.308 e. The van der Waals surface area contributed by atoms with Gasteiger partial charge in [0.1, 0.15) is 5.82 Å². The van der Waals surface area contributed by atoms with Crippen molar-refractivity contribution in [1.29, 1.82) is 0 Å². The number of aliphatic hydroxyl groups excluding tert-OH is 2. The maximum absolute atomic E-state index is 13.8. The van der Waals surface area contributed by atoms with Crippen LogP contribution in [0, 0.1) is 5.82 Å². The molecule has 188 valence electrons. The average Bonchev–Trinajstić information content (AvgIpc) is 3.18. The molecule has 4 rings (SSSR count). The van der Waals surface area contributed by atoms with Gasteiger partial charge in [-0.15, -0.1) is 0 Å². The Hall–Kier alpha value is -3.55. The molecule has 2 N–H and O–H groups in total. The third-order valence-corrected chi connectivity index (χ3v) is 6.14. The van der Waals surface area contributed by atoms with Crippen LogP contribution in [0.15, 0.2) is 60.8 Å². The highest BCUT2D eigenvalue weighted by molar-refractivity contribution is 6.06. The molecule has 0 saturated carbocycles. The van der Waals surface area contributed by atoms with Crippen LogP contribution >= 0.6 is 0 Å². The minimum absolute atomic E-state index is 0.00718. The lowest BCUT2D eigenvalue weighted by Crippen LogP contribution is -2.20. The lowest BCUT2D eigenvalue weighted by molar-refractivity contribution is -0.145. The van der Waals surface area contributed by atoms with E-state index in [1.54, 1.807) is 25.1 Å². The van der Waals surface area contributed by atoms with Crippen molar-refractivity contribution in [3.05, 3.63) is 77.9 Å². The van der Waals surface area contributed by atoms with Gasteiger partial charge in [-0.3, -0.25) is 4.79 Å². The van der Waals surface area contributed by atoms with Crippen LogP contribution in [0.3, 0.4) is 0 Å². The minimum atomic E-state index is -1.02. The van der Waals surface area contributed by atoms with Crippen LogP contribution in [0.2, 0.25) is 0 Å². The number of carbonyl (C=O) groups is 1. The van der Waals surface area contributed by atoms with Crippen LogP contribution in [0.25, 0.3) is 33.5 Å². The Bertz CT molecular complexity index is 1390. The van der Waals surface area contributed by atoms with E-state index in [0.29, 0.717) is 0 Å². The van der Waals surface area contributed by atoms with E-state index in [1.807, 2.05) is 41.1 Å². The summed E-state index contributed by atoms with van der Waals surface area (Å²) < 4.78 is 20.6. The first-order chi connectivity index (χ1) is 17.3. The lowest BCUT2D eigenvalue weighted by atomic mass is 9.95. The Labute approximate surface area is 209 Å². The van der Waals surface area contributed by atoms with Gasteiger partial charge in [0.05, 0.1) is 42.6 Å². The molecule has 0 spiro atoms. The van der Waals surface area contributed by atoms with Gasteiger partial charge in [0.2, 0.25) is 0 Å². The number of benzene rings is 2. The molecule has 2 aromatic heterocycles. The number of halogens is 1. The van der Waals surface area contributed by atoms with E-state index in [0.717, 1.165) is 38.7 Å². The van der Waals surface area contributed by atoms with Gasteiger partial charge in [-0.05, 0) is 30.5 Å². The van der Waals surface area contributed by atoms with Crippen molar-refractivity contribution in [1.82, 2.24) is 9.61 Å². The summed E-state index contributed by atoms with van der Waals surface area (Å²) in [7, 11) is 0. The van der Waals surface area contributed by atoms with Crippen molar-refractivity contribution in [3.8, 4) is 11.1 Å². The first-order valence-corrected chi connectivity index (χ1v) is 12.2. The summed E-state index contributed by atoms with van der Waals surface area (Å²) in [5.74, 6) is -0.734. The molecule has 0 amide bonds. The van der Waals surface area contributed by atoms with E-state index in [4.69, 9.17) is 9.84 Å². The van der Waals surface area contributed by atoms with Gasteiger partial charge in [0.25, 0.3) is 0 Å². The zero-order valence-corrected chi connectivity index (χ0v) is 20.7. The van der Waals surface area contributed by atoms with E-state index in [2.05, 4.69) is 13.8 Å². The normalized spacial score (nSPS) is 13.6. The maximum atomic E-state index is 13.8. The number of hydrogen-bond acceptors (Lipinski definition) is 5. The quantitative estimate of drug-likeness (QED) is 0.303. The molecule has 36 heavy (non-hydrogen) atoms. The SMILES string of the molecule is CCOC(=O)CC(O)CC(O)C=Cc1c(-c2ccc(F)cc2)c2c3ccccc3cnn2c1C(C)C. The van der Waals surface area contributed by atoms with Crippen LogP contribution in [0.4, 0.5) is 4.39 Å². The molecule has 7 heteroatoms. The van der Waals surface area contributed by atoms with E-state index in [9.17, 15) is 19.4 Å². The van der Waals surface area contributed by atoms with E-state index in [-0.39, 0.29) is 31.2 Å². The molecule has 0 aliphatic rings. The fraction of sp³-hybridized carbons (Fsp3) is 0.310. The molecule has 6 nitrogen and oxygen atoms in total. The van der Waals surface area contributed by atoms with Crippen LogP contribution in [0.5, 0.6) is 0 Å². The summed E-state index contributed by atoms with van der Waals surface area (Å²) in [5.41, 5.74) is 4.43. The van der Waals surface area contributed by atoms with Gasteiger partial charge in [-0.2, -0.15) is 5.10 Å². The van der Waals surface area contributed by atoms with Crippen molar-refractivity contribution in [3.63, 3.8) is 0 Å². The van der Waals surface area contributed by atoms with E-state index >= 15 is 0 Å². The Morgan fingerprint density at radius 3 is 2.56 bits per heavy atom. The molecule has 2 atom stereocenters. The topological polar surface area (TPSA) is 84.1 Å². The van der Waals surface area contributed by atoms with Gasteiger partial charge in [-0.25, -0.2) is 8.91 Å². The third-order valence-electron chi connectivity index (χ3n) is 6.14. The molecular weight excluding hydrogens is 459 g/mol. The highest BCUT2D eigenvalue weighted by atomic mass is 19.1. The third kappa shape index (κ3) is 5.32. The molecule has 0 fully saturated rings. The molecule has 0 saturated heterocycles. The number of nitrogens with zero attached hydrogens (tertiary/aromatic N) is 2. The van der Waals surface area contributed by atoms with Crippen LogP contribution in [0.1, 0.15) is 50.8 Å². The standard InChI is InChI=1S/C29H31FN2O4/c1-4-36-26(35)16-23(34)15-22(33)13-14-25-27(19-9-11-21(30)12-10-19)29-24-8-6-5-7-20(24)17-31-32(29)28(25)18(2)3/h5-14,17-18,22-23,33-34H,4,15-16H2,1-3H3. The van der Waals surface area contributed by atoms with Crippen molar-refractivity contribution >= 4 is 28.3 Å². The minimum Gasteiger partial charge on any atom is -0.466 e. The number of carbonyl (C=O) groups excluding carboxylic acids is 1. The summed E-state index contributed by atoms with van der Waals surface area (Å²) in [6.07, 6.45) is 3.09. The smallest absolute Gasteiger partial charge is 0.308 e. The largest absolute Gasteiger partial charge is 0.466 e. The zero-order valence-electron chi connectivity index (χ0n) is 20.7. The van der Waals surface area contributed by atoms with Crippen LogP contribution in [-0.4, -0.2) is 44.6 Å². The van der Waals surface area contributed by atoms with Crippen LogP contribution in [-0.2, 0) is 9.53 Å².